The number of rotatable bonds is 2. The lowest BCUT2D eigenvalue weighted by Gasteiger charge is -2.20. The first-order valence-corrected chi connectivity index (χ1v) is 6.70. The molecule has 1 aromatic carbocycles. The van der Waals surface area contributed by atoms with E-state index in [1.54, 1.807) is 12.1 Å². The first-order valence-electron chi connectivity index (χ1n) is 5.91. The summed E-state index contributed by atoms with van der Waals surface area (Å²) >= 11 is 3.26. The van der Waals surface area contributed by atoms with E-state index in [1.165, 1.54) is 6.07 Å². The van der Waals surface area contributed by atoms with Crippen LogP contribution in [0.1, 0.15) is 0 Å². The van der Waals surface area contributed by atoms with E-state index in [0.29, 0.717) is 10.2 Å². The number of halogens is 1. The van der Waals surface area contributed by atoms with Crippen molar-refractivity contribution in [1.29, 1.82) is 0 Å². The Labute approximate surface area is 127 Å². The van der Waals surface area contributed by atoms with Crippen molar-refractivity contribution in [3.05, 3.63) is 47.0 Å². The molecule has 3 rings (SSSR count). The van der Waals surface area contributed by atoms with Gasteiger partial charge in [0.2, 0.25) is 0 Å². The maximum absolute atomic E-state index is 11.7. The minimum absolute atomic E-state index is 0.278. The number of carbonyl (C=O) groups is 4. The Balaban J connectivity index is 2.05. The highest BCUT2D eigenvalue weighted by Crippen LogP contribution is 2.33. The highest BCUT2D eigenvalue weighted by atomic mass is 79.9. The summed E-state index contributed by atoms with van der Waals surface area (Å²) in [5.74, 6) is -1.89. The molecule has 0 saturated heterocycles. The fourth-order valence-electron chi connectivity index (χ4n) is 2.10. The third-order valence-electron chi connectivity index (χ3n) is 3.05. The van der Waals surface area contributed by atoms with E-state index < -0.39 is 23.6 Å². The molecule has 1 aromatic rings. The van der Waals surface area contributed by atoms with Crippen LogP contribution in [0.2, 0.25) is 0 Å². The van der Waals surface area contributed by atoms with Crippen LogP contribution in [0.4, 0.5) is 11.4 Å². The van der Waals surface area contributed by atoms with E-state index in [0.717, 1.165) is 34.1 Å². The van der Waals surface area contributed by atoms with E-state index >= 15 is 0 Å². The van der Waals surface area contributed by atoms with Gasteiger partial charge in [0.25, 0.3) is 23.6 Å². The van der Waals surface area contributed by atoms with Gasteiger partial charge in [-0.15, -0.1) is 0 Å². The average Bonchev–Trinajstić information content (AvgIpc) is 2.95. The van der Waals surface area contributed by atoms with Gasteiger partial charge in [-0.1, -0.05) is 0 Å². The summed E-state index contributed by atoms with van der Waals surface area (Å²) in [6.07, 6.45) is 4.65. The van der Waals surface area contributed by atoms with Gasteiger partial charge in [0.15, 0.2) is 0 Å². The minimum Gasteiger partial charge on any atom is -0.269 e. The third kappa shape index (κ3) is 2.11. The van der Waals surface area contributed by atoms with Crippen LogP contribution in [0.5, 0.6) is 0 Å². The molecule has 2 aliphatic rings. The van der Waals surface area contributed by atoms with E-state index in [4.69, 9.17) is 0 Å². The van der Waals surface area contributed by atoms with Gasteiger partial charge in [-0.3, -0.25) is 19.2 Å². The standard InChI is InChI=1S/C14H7BrN2O4/c15-9-2-1-8(16-11(18)3-4-12(16)19)7-10(9)17-13(20)5-6-14(17)21/h1-7H. The number of anilines is 2. The molecule has 0 aliphatic carbocycles. The van der Waals surface area contributed by atoms with Gasteiger partial charge in [0.05, 0.1) is 11.4 Å². The predicted octanol–water partition coefficient (Wildman–Crippen LogP) is 1.31. The first-order chi connectivity index (χ1) is 9.99. The maximum atomic E-state index is 11.7. The van der Waals surface area contributed by atoms with Crippen LogP contribution in [0.3, 0.4) is 0 Å². The fraction of sp³-hybridized carbons (Fsp3) is 0. The van der Waals surface area contributed by atoms with Gasteiger partial charge >= 0.3 is 0 Å². The van der Waals surface area contributed by atoms with E-state index in [9.17, 15) is 19.2 Å². The number of carbonyl (C=O) groups excluding carboxylic acids is 4. The second-order valence-electron chi connectivity index (χ2n) is 4.33. The molecule has 0 spiro atoms. The largest absolute Gasteiger partial charge is 0.269 e. The Morgan fingerprint density at radius 3 is 1.71 bits per heavy atom. The van der Waals surface area contributed by atoms with Gasteiger partial charge in [-0.25, -0.2) is 9.80 Å². The highest BCUT2D eigenvalue weighted by Gasteiger charge is 2.30. The van der Waals surface area contributed by atoms with Gasteiger partial charge in [0.1, 0.15) is 0 Å². The summed E-state index contributed by atoms with van der Waals surface area (Å²) in [4.78, 5) is 48.8. The maximum Gasteiger partial charge on any atom is 0.258 e. The summed E-state index contributed by atoms with van der Waals surface area (Å²) in [6, 6.07) is 4.56. The lowest BCUT2D eigenvalue weighted by molar-refractivity contribution is -0.121. The second-order valence-corrected chi connectivity index (χ2v) is 5.18. The van der Waals surface area contributed by atoms with Crippen molar-refractivity contribution in [2.45, 2.75) is 0 Å². The molecule has 0 radical (unpaired) electrons. The lowest BCUT2D eigenvalue weighted by atomic mass is 10.2. The molecule has 4 amide bonds. The van der Waals surface area contributed by atoms with Crippen LogP contribution in [-0.4, -0.2) is 23.6 Å². The summed E-state index contributed by atoms with van der Waals surface area (Å²) in [5.41, 5.74) is 0.570. The molecule has 0 unspecified atom stereocenters. The topological polar surface area (TPSA) is 74.8 Å². The monoisotopic (exact) mass is 346 g/mol. The van der Waals surface area contributed by atoms with Crippen LogP contribution >= 0.6 is 15.9 Å². The smallest absolute Gasteiger partial charge is 0.258 e. The molecule has 0 aromatic heterocycles. The third-order valence-corrected chi connectivity index (χ3v) is 3.72. The van der Waals surface area contributed by atoms with Crippen LogP contribution in [-0.2, 0) is 19.2 Å². The zero-order valence-corrected chi connectivity index (χ0v) is 12.0. The fourth-order valence-corrected chi connectivity index (χ4v) is 2.53. The number of hydrogen-bond acceptors (Lipinski definition) is 4. The van der Waals surface area contributed by atoms with E-state index in [-0.39, 0.29) is 5.69 Å². The summed E-state index contributed by atoms with van der Waals surface area (Å²) in [5, 5.41) is 0. The second kappa shape index (κ2) is 4.78. The van der Waals surface area contributed by atoms with Gasteiger partial charge in [0, 0.05) is 28.8 Å². The van der Waals surface area contributed by atoms with Gasteiger partial charge < -0.3 is 0 Å². The normalized spacial score (nSPS) is 17.6. The molecule has 7 heteroatoms. The molecule has 2 heterocycles. The van der Waals surface area contributed by atoms with Crippen molar-refractivity contribution < 1.29 is 19.2 Å². The van der Waals surface area contributed by atoms with Crippen LogP contribution in [0.15, 0.2) is 47.0 Å². The molecule has 104 valence electrons. The molecule has 2 aliphatic heterocycles. The predicted molar refractivity (Wildman–Crippen MR) is 77.4 cm³/mol. The van der Waals surface area contributed by atoms with E-state index in [2.05, 4.69) is 15.9 Å². The van der Waals surface area contributed by atoms with E-state index in [1.807, 2.05) is 0 Å². The summed E-state index contributed by atoms with van der Waals surface area (Å²) in [6.45, 7) is 0. The molecule has 0 N–H and O–H groups in total. The summed E-state index contributed by atoms with van der Waals surface area (Å²) < 4.78 is 0.503. The van der Waals surface area contributed by atoms with Gasteiger partial charge in [-0.05, 0) is 34.1 Å². The lowest BCUT2D eigenvalue weighted by Crippen LogP contribution is -2.32. The van der Waals surface area contributed by atoms with Crippen molar-refractivity contribution >= 4 is 50.9 Å². The molecule has 0 saturated carbocycles. The number of amides is 4. The number of nitrogens with zero attached hydrogens (tertiary/aromatic N) is 2. The van der Waals surface area contributed by atoms with Crippen LogP contribution in [0.25, 0.3) is 0 Å². The van der Waals surface area contributed by atoms with Crippen molar-refractivity contribution in [1.82, 2.24) is 0 Å². The van der Waals surface area contributed by atoms with Crippen LogP contribution in [0, 0.1) is 0 Å². The van der Waals surface area contributed by atoms with Crippen molar-refractivity contribution in [2.24, 2.45) is 0 Å². The number of imide groups is 2. The molecular formula is C14H7BrN2O4. The Hall–Kier alpha value is -2.54. The SMILES string of the molecule is O=C1C=CC(=O)N1c1ccc(Br)c(N2C(=O)C=CC2=O)c1. The Morgan fingerprint density at radius 1 is 0.714 bits per heavy atom. The Bertz CT molecular complexity index is 730. The van der Waals surface area contributed by atoms with Crippen molar-refractivity contribution in [3.63, 3.8) is 0 Å². The first kappa shape index (κ1) is 13.4. The highest BCUT2D eigenvalue weighted by molar-refractivity contribution is 9.10. The zero-order chi connectivity index (χ0) is 15.1. The van der Waals surface area contributed by atoms with Crippen molar-refractivity contribution in [3.8, 4) is 0 Å². The average molecular weight is 347 g/mol. The van der Waals surface area contributed by atoms with Crippen molar-refractivity contribution in [2.75, 3.05) is 9.80 Å². The number of benzene rings is 1. The minimum atomic E-state index is -0.477. The molecular weight excluding hydrogens is 340 g/mol. The number of hydrogen-bond donors (Lipinski definition) is 0. The zero-order valence-electron chi connectivity index (χ0n) is 10.4. The quantitative estimate of drug-likeness (QED) is 0.756. The summed E-state index contributed by atoms with van der Waals surface area (Å²) in [7, 11) is 0. The Kier molecular flexibility index (Phi) is 3.06. The molecule has 0 bridgehead atoms. The Morgan fingerprint density at radius 2 is 1.19 bits per heavy atom. The van der Waals surface area contributed by atoms with Crippen LogP contribution < -0.4 is 9.80 Å². The molecule has 0 fully saturated rings. The van der Waals surface area contributed by atoms with Gasteiger partial charge in [-0.2, -0.15) is 0 Å². The molecule has 21 heavy (non-hydrogen) atoms. The molecule has 6 nitrogen and oxygen atoms in total. The molecule has 0 atom stereocenters.